The summed E-state index contributed by atoms with van der Waals surface area (Å²) in [6, 6.07) is 12.8. The molecule has 3 aromatic rings. The molecule has 3 rings (SSSR count). The van der Waals surface area contributed by atoms with Gasteiger partial charge in [0.05, 0.1) is 26.3 Å². The van der Waals surface area contributed by atoms with E-state index in [1.54, 1.807) is 25.3 Å². The number of para-hydroxylation sites is 1. The van der Waals surface area contributed by atoms with Crippen molar-refractivity contribution in [2.75, 3.05) is 20.3 Å². The van der Waals surface area contributed by atoms with Gasteiger partial charge in [0.25, 0.3) is 0 Å². The molecular formula is C23H29N3O4. The van der Waals surface area contributed by atoms with E-state index in [9.17, 15) is 5.11 Å². The molecule has 0 aliphatic heterocycles. The average Bonchev–Trinajstić information content (AvgIpc) is 3.19. The number of benzene rings is 2. The highest BCUT2D eigenvalue weighted by molar-refractivity contribution is 5.84. The van der Waals surface area contributed by atoms with Gasteiger partial charge in [0.15, 0.2) is 17.3 Å². The van der Waals surface area contributed by atoms with Crippen LogP contribution in [0.3, 0.4) is 0 Å². The number of hydrogen-bond donors (Lipinski definition) is 3. The maximum absolute atomic E-state index is 10.1. The van der Waals surface area contributed by atoms with Crippen molar-refractivity contribution >= 4 is 16.9 Å². The molecule has 0 spiro atoms. The van der Waals surface area contributed by atoms with Crippen molar-refractivity contribution < 1.29 is 19.0 Å². The predicted octanol–water partition coefficient (Wildman–Crippen LogP) is 4.36. The summed E-state index contributed by atoms with van der Waals surface area (Å²) in [4.78, 5) is 4.60. The third kappa shape index (κ3) is 4.97. The zero-order valence-electron chi connectivity index (χ0n) is 17.9. The molecule has 0 bridgehead atoms. The second kappa shape index (κ2) is 9.91. The van der Waals surface area contributed by atoms with E-state index in [0.717, 1.165) is 22.5 Å². The van der Waals surface area contributed by atoms with Crippen LogP contribution in [0.2, 0.25) is 0 Å². The van der Waals surface area contributed by atoms with Crippen LogP contribution in [0.25, 0.3) is 11.0 Å². The zero-order chi connectivity index (χ0) is 21.5. The van der Waals surface area contributed by atoms with Crippen molar-refractivity contribution in [3.8, 4) is 17.2 Å². The summed E-state index contributed by atoms with van der Waals surface area (Å²) < 4.78 is 17.0. The molecule has 0 aliphatic rings. The molecule has 7 heteroatoms. The van der Waals surface area contributed by atoms with Gasteiger partial charge in [-0.25, -0.2) is 4.99 Å². The Balaban J connectivity index is 1.78. The number of nitrogens with one attached hydrogen (secondary N) is 2. The van der Waals surface area contributed by atoms with Gasteiger partial charge in [-0.1, -0.05) is 12.1 Å². The highest BCUT2D eigenvalue weighted by atomic mass is 16.5. The fourth-order valence-corrected chi connectivity index (χ4v) is 3.11. The van der Waals surface area contributed by atoms with Crippen LogP contribution in [0.1, 0.15) is 38.1 Å². The molecule has 0 saturated heterocycles. The Kier molecular flexibility index (Phi) is 7.06. The Labute approximate surface area is 176 Å². The monoisotopic (exact) mass is 411 g/mol. The molecular weight excluding hydrogens is 382 g/mol. The summed E-state index contributed by atoms with van der Waals surface area (Å²) in [7, 11) is 1.59. The molecule has 1 atom stereocenters. The first-order valence-electron chi connectivity index (χ1n) is 10.1. The predicted molar refractivity (Wildman–Crippen MR) is 118 cm³/mol. The van der Waals surface area contributed by atoms with Gasteiger partial charge in [-0.3, -0.25) is 0 Å². The van der Waals surface area contributed by atoms with Gasteiger partial charge in [0, 0.05) is 17.5 Å². The van der Waals surface area contributed by atoms with Crippen molar-refractivity contribution in [3.05, 3.63) is 53.8 Å². The van der Waals surface area contributed by atoms with Gasteiger partial charge in [0.2, 0.25) is 0 Å². The minimum absolute atomic E-state index is 0.122. The van der Waals surface area contributed by atoms with Gasteiger partial charge in [-0.2, -0.15) is 0 Å². The molecule has 1 aromatic heterocycles. The third-order valence-electron chi connectivity index (χ3n) is 4.65. The standard InChI is InChI=1S/C23H29N3O4/c1-5-24-23(25-14-17-12-18(28-4)10-11-19(17)27)26-15(3)21-13-16-8-7-9-20(29-6-2)22(16)30-21/h7-13,15,27H,5-6,14H2,1-4H3,(H2,24,25,26). The summed E-state index contributed by atoms with van der Waals surface area (Å²) in [5.41, 5.74) is 1.43. The van der Waals surface area contributed by atoms with Crippen molar-refractivity contribution in [3.63, 3.8) is 0 Å². The molecule has 0 fully saturated rings. The largest absolute Gasteiger partial charge is 0.508 e. The smallest absolute Gasteiger partial charge is 0.192 e. The SMILES string of the molecule is CCNC(=NCc1cc(OC)ccc1O)NC(C)c1cc2cccc(OCC)c2o1. The lowest BCUT2D eigenvalue weighted by Gasteiger charge is -2.16. The number of rotatable bonds is 8. The van der Waals surface area contributed by atoms with Crippen LogP contribution in [-0.4, -0.2) is 31.3 Å². The molecule has 7 nitrogen and oxygen atoms in total. The number of aromatic hydroxyl groups is 1. The topological polar surface area (TPSA) is 88.3 Å². The first kappa shape index (κ1) is 21.4. The molecule has 30 heavy (non-hydrogen) atoms. The van der Waals surface area contributed by atoms with Crippen LogP contribution in [0.5, 0.6) is 17.2 Å². The number of nitrogens with zero attached hydrogens (tertiary/aromatic N) is 1. The van der Waals surface area contributed by atoms with E-state index in [2.05, 4.69) is 15.6 Å². The molecule has 0 aliphatic carbocycles. The van der Waals surface area contributed by atoms with E-state index in [-0.39, 0.29) is 11.8 Å². The Morgan fingerprint density at radius 1 is 1.20 bits per heavy atom. The summed E-state index contributed by atoms with van der Waals surface area (Å²) in [5.74, 6) is 3.01. The van der Waals surface area contributed by atoms with Crippen LogP contribution in [0.4, 0.5) is 0 Å². The summed E-state index contributed by atoms with van der Waals surface area (Å²) in [6.07, 6.45) is 0. The van der Waals surface area contributed by atoms with E-state index in [0.29, 0.717) is 37.0 Å². The Bertz CT molecular complexity index is 1010. The van der Waals surface area contributed by atoms with Gasteiger partial charge in [-0.05, 0) is 51.1 Å². The van der Waals surface area contributed by atoms with Crippen LogP contribution in [-0.2, 0) is 6.54 Å². The van der Waals surface area contributed by atoms with Gasteiger partial charge < -0.3 is 29.6 Å². The van der Waals surface area contributed by atoms with E-state index in [1.165, 1.54) is 0 Å². The summed E-state index contributed by atoms with van der Waals surface area (Å²) in [5, 5.41) is 17.7. The van der Waals surface area contributed by atoms with E-state index >= 15 is 0 Å². The fraction of sp³-hybridized carbons (Fsp3) is 0.348. The van der Waals surface area contributed by atoms with Crippen LogP contribution < -0.4 is 20.1 Å². The minimum atomic E-state index is -0.122. The molecule has 1 heterocycles. The average molecular weight is 412 g/mol. The second-order valence-electron chi connectivity index (χ2n) is 6.81. The van der Waals surface area contributed by atoms with Gasteiger partial charge >= 0.3 is 0 Å². The molecule has 160 valence electrons. The first-order valence-corrected chi connectivity index (χ1v) is 10.1. The number of fused-ring (bicyclic) bond motifs is 1. The third-order valence-corrected chi connectivity index (χ3v) is 4.65. The molecule has 1 unspecified atom stereocenters. The van der Waals surface area contributed by atoms with E-state index < -0.39 is 0 Å². The van der Waals surface area contributed by atoms with Crippen molar-refractivity contribution in [1.29, 1.82) is 0 Å². The van der Waals surface area contributed by atoms with Crippen molar-refractivity contribution in [2.24, 2.45) is 4.99 Å². The lowest BCUT2D eigenvalue weighted by molar-refractivity contribution is 0.336. The molecule has 0 amide bonds. The number of phenolic OH excluding ortho intramolecular Hbond substituents is 1. The highest BCUT2D eigenvalue weighted by Crippen LogP contribution is 2.31. The second-order valence-corrected chi connectivity index (χ2v) is 6.81. The number of methoxy groups -OCH3 is 1. The Hall–Kier alpha value is -3.35. The van der Waals surface area contributed by atoms with Gasteiger partial charge in [0.1, 0.15) is 17.3 Å². The summed E-state index contributed by atoms with van der Waals surface area (Å²) in [6.45, 7) is 7.55. The number of ether oxygens (including phenoxy) is 2. The Morgan fingerprint density at radius 3 is 2.77 bits per heavy atom. The highest BCUT2D eigenvalue weighted by Gasteiger charge is 2.15. The fourth-order valence-electron chi connectivity index (χ4n) is 3.11. The summed E-state index contributed by atoms with van der Waals surface area (Å²) >= 11 is 0. The van der Waals surface area contributed by atoms with Crippen molar-refractivity contribution in [2.45, 2.75) is 33.4 Å². The minimum Gasteiger partial charge on any atom is -0.508 e. The molecule has 3 N–H and O–H groups in total. The number of furan rings is 1. The van der Waals surface area contributed by atoms with Gasteiger partial charge in [-0.15, -0.1) is 0 Å². The number of guanidine groups is 1. The van der Waals surface area contributed by atoms with Crippen LogP contribution in [0, 0.1) is 0 Å². The van der Waals surface area contributed by atoms with E-state index in [1.807, 2.05) is 45.0 Å². The number of hydrogen-bond acceptors (Lipinski definition) is 5. The van der Waals surface area contributed by atoms with Crippen molar-refractivity contribution in [1.82, 2.24) is 10.6 Å². The maximum Gasteiger partial charge on any atom is 0.192 e. The molecule has 0 radical (unpaired) electrons. The number of aliphatic imine (C=N–C) groups is 1. The number of phenols is 1. The molecule has 2 aromatic carbocycles. The lowest BCUT2D eigenvalue weighted by Crippen LogP contribution is -2.38. The maximum atomic E-state index is 10.1. The lowest BCUT2D eigenvalue weighted by atomic mass is 10.2. The first-order chi connectivity index (χ1) is 14.5. The zero-order valence-corrected chi connectivity index (χ0v) is 17.9. The van der Waals surface area contributed by atoms with Crippen LogP contribution in [0.15, 0.2) is 51.9 Å². The molecule has 0 saturated carbocycles. The normalized spacial score (nSPS) is 12.6. The van der Waals surface area contributed by atoms with E-state index in [4.69, 9.17) is 13.9 Å². The van der Waals surface area contributed by atoms with Crippen LogP contribution >= 0.6 is 0 Å². The Morgan fingerprint density at radius 2 is 2.03 bits per heavy atom. The quantitative estimate of drug-likeness (QED) is 0.377.